The summed E-state index contributed by atoms with van der Waals surface area (Å²) in [5.74, 6) is -0.375. The minimum atomic E-state index is -0.208. The second-order valence-corrected chi connectivity index (χ2v) is 6.71. The Balaban J connectivity index is 2.02. The lowest BCUT2D eigenvalue weighted by atomic mass is 10.1. The average Bonchev–Trinajstić information content (AvgIpc) is 2.51. The summed E-state index contributed by atoms with van der Waals surface area (Å²) in [6.45, 7) is 3.97. The van der Waals surface area contributed by atoms with E-state index in [1.807, 2.05) is 50.2 Å². The number of amides is 2. The first-order valence-electron chi connectivity index (χ1n) is 7.25. The SMILES string of the molecule is Cc1cccc(NC(=O)CN(C)C(=O)c2cccc(I)c2)c1C. The van der Waals surface area contributed by atoms with Crippen LogP contribution in [0.25, 0.3) is 0 Å². The molecule has 0 saturated heterocycles. The Hall–Kier alpha value is -1.89. The van der Waals surface area contributed by atoms with Gasteiger partial charge in [0.05, 0.1) is 6.54 Å². The third-order valence-corrected chi connectivity index (χ3v) is 4.35. The van der Waals surface area contributed by atoms with E-state index in [9.17, 15) is 9.59 Å². The van der Waals surface area contributed by atoms with Crippen LogP contribution in [0, 0.1) is 17.4 Å². The second kappa shape index (κ2) is 7.59. The van der Waals surface area contributed by atoms with E-state index in [-0.39, 0.29) is 18.4 Å². The van der Waals surface area contributed by atoms with Gasteiger partial charge in [0.15, 0.2) is 0 Å². The van der Waals surface area contributed by atoms with Gasteiger partial charge in [0, 0.05) is 21.9 Å². The zero-order chi connectivity index (χ0) is 17.0. The number of nitrogens with zero attached hydrogens (tertiary/aromatic N) is 1. The number of anilines is 1. The van der Waals surface area contributed by atoms with Crippen molar-refractivity contribution in [1.29, 1.82) is 0 Å². The number of rotatable bonds is 4. The molecule has 120 valence electrons. The molecule has 0 fully saturated rings. The molecule has 0 radical (unpaired) electrons. The average molecular weight is 422 g/mol. The minimum absolute atomic E-state index is 0.0116. The van der Waals surface area contributed by atoms with E-state index in [4.69, 9.17) is 0 Å². The van der Waals surface area contributed by atoms with Crippen molar-refractivity contribution in [3.05, 3.63) is 62.7 Å². The highest BCUT2D eigenvalue weighted by molar-refractivity contribution is 14.1. The lowest BCUT2D eigenvalue weighted by molar-refractivity contribution is -0.116. The maximum atomic E-state index is 12.3. The van der Waals surface area contributed by atoms with Gasteiger partial charge < -0.3 is 10.2 Å². The fourth-order valence-electron chi connectivity index (χ4n) is 2.21. The lowest BCUT2D eigenvalue weighted by Gasteiger charge is -2.18. The molecule has 0 bridgehead atoms. The van der Waals surface area contributed by atoms with Gasteiger partial charge in [-0.3, -0.25) is 9.59 Å². The van der Waals surface area contributed by atoms with Crippen molar-refractivity contribution in [3.8, 4) is 0 Å². The van der Waals surface area contributed by atoms with Crippen molar-refractivity contribution in [2.24, 2.45) is 0 Å². The zero-order valence-electron chi connectivity index (χ0n) is 13.4. The van der Waals surface area contributed by atoms with Crippen LogP contribution in [-0.2, 0) is 4.79 Å². The molecular weight excluding hydrogens is 403 g/mol. The van der Waals surface area contributed by atoms with Gasteiger partial charge in [-0.2, -0.15) is 0 Å². The van der Waals surface area contributed by atoms with E-state index in [1.54, 1.807) is 13.1 Å². The molecule has 2 amide bonds. The van der Waals surface area contributed by atoms with Crippen LogP contribution >= 0.6 is 22.6 Å². The van der Waals surface area contributed by atoms with Crippen LogP contribution in [0.1, 0.15) is 21.5 Å². The Morgan fingerprint density at radius 1 is 1.13 bits per heavy atom. The largest absolute Gasteiger partial charge is 0.332 e. The number of likely N-dealkylation sites (N-methyl/N-ethyl adjacent to an activating group) is 1. The topological polar surface area (TPSA) is 49.4 Å². The molecule has 0 aliphatic rings. The molecule has 0 saturated carbocycles. The van der Waals surface area contributed by atoms with Gasteiger partial charge in [0.2, 0.25) is 5.91 Å². The Bertz CT molecular complexity index is 744. The van der Waals surface area contributed by atoms with Gasteiger partial charge in [0.25, 0.3) is 5.91 Å². The van der Waals surface area contributed by atoms with Gasteiger partial charge in [0.1, 0.15) is 0 Å². The van der Waals surface area contributed by atoms with Crippen molar-refractivity contribution in [2.75, 3.05) is 18.9 Å². The molecule has 2 aromatic rings. The number of carbonyl (C=O) groups is 2. The summed E-state index contributed by atoms with van der Waals surface area (Å²) in [4.78, 5) is 26.0. The van der Waals surface area contributed by atoms with Gasteiger partial charge >= 0.3 is 0 Å². The Kier molecular flexibility index (Phi) is 5.76. The van der Waals surface area contributed by atoms with Crippen molar-refractivity contribution in [2.45, 2.75) is 13.8 Å². The molecule has 0 unspecified atom stereocenters. The van der Waals surface area contributed by atoms with Crippen molar-refractivity contribution < 1.29 is 9.59 Å². The van der Waals surface area contributed by atoms with Crippen LogP contribution in [0.5, 0.6) is 0 Å². The summed E-state index contributed by atoms with van der Waals surface area (Å²) in [5.41, 5.74) is 3.52. The first kappa shape index (κ1) is 17.5. The van der Waals surface area contributed by atoms with Gasteiger partial charge in [-0.1, -0.05) is 18.2 Å². The summed E-state index contributed by atoms with van der Waals surface area (Å²) in [5, 5.41) is 2.87. The number of halogens is 1. The smallest absolute Gasteiger partial charge is 0.254 e. The minimum Gasteiger partial charge on any atom is -0.332 e. The molecule has 0 aliphatic heterocycles. The van der Waals surface area contributed by atoms with Crippen LogP contribution in [0.2, 0.25) is 0 Å². The van der Waals surface area contributed by atoms with Crippen LogP contribution in [0.3, 0.4) is 0 Å². The maximum Gasteiger partial charge on any atom is 0.254 e. The number of aryl methyl sites for hydroxylation is 1. The van der Waals surface area contributed by atoms with Crippen molar-refractivity contribution in [3.63, 3.8) is 0 Å². The second-order valence-electron chi connectivity index (χ2n) is 5.47. The molecule has 0 aliphatic carbocycles. The number of hydrogen-bond donors (Lipinski definition) is 1. The molecule has 0 atom stereocenters. The zero-order valence-corrected chi connectivity index (χ0v) is 15.5. The predicted octanol–water partition coefficient (Wildman–Crippen LogP) is 3.62. The molecule has 23 heavy (non-hydrogen) atoms. The number of hydrogen-bond acceptors (Lipinski definition) is 2. The van der Waals surface area contributed by atoms with Gasteiger partial charge in [-0.05, 0) is 71.8 Å². The van der Waals surface area contributed by atoms with Crippen LogP contribution < -0.4 is 5.32 Å². The molecule has 1 N–H and O–H groups in total. The maximum absolute atomic E-state index is 12.3. The first-order valence-corrected chi connectivity index (χ1v) is 8.33. The highest BCUT2D eigenvalue weighted by atomic mass is 127. The van der Waals surface area contributed by atoms with Crippen LogP contribution in [-0.4, -0.2) is 30.3 Å². The third-order valence-electron chi connectivity index (χ3n) is 3.68. The molecule has 4 nitrogen and oxygen atoms in total. The van der Waals surface area contributed by atoms with E-state index in [0.717, 1.165) is 20.4 Å². The van der Waals surface area contributed by atoms with E-state index in [2.05, 4.69) is 27.9 Å². The predicted molar refractivity (Wildman–Crippen MR) is 101 cm³/mol. The normalized spacial score (nSPS) is 10.3. The first-order chi connectivity index (χ1) is 10.9. The Labute approximate surface area is 150 Å². The molecule has 0 heterocycles. The highest BCUT2D eigenvalue weighted by Crippen LogP contribution is 2.18. The van der Waals surface area contributed by atoms with E-state index in [0.29, 0.717) is 5.56 Å². The van der Waals surface area contributed by atoms with Gasteiger partial charge in [-0.15, -0.1) is 0 Å². The van der Waals surface area contributed by atoms with Crippen LogP contribution in [0.15, 0.2) is 42.5 Å². The number of nitrogens with one attached hydrogen (secondary N) is 1. The Morgan fingerprint density at radius 3 is 2.52 bits per heavy atom. The molecule has 0 spiro atoms. The van der Waals surface area contributed by atoms with Crippen molar-refractivity contribution in [1.82, 2.24) is 4.90 Å². The summed E-state index contributed by atoms with van der Waals surface area (Å²) >= 11 is 2.16. The Morgan fingerprint density at radius 2 is 1.83 bits per heavy atom. The summed E-state index contributed by atoms with van der Waals surface area (Å²) in [7, 11) is 1.63. The van der Waals surface area contributed by atoms with Crippen LogP contribution in [0.4, 0.5) is 5.69 Å². The standard InChI is InChI=1S/C18H19IN2O2/c1-12-6-4-9-16(13(12)2)20-17(22)11-21(3)18(23)14-7-5-8-15(19)10-14/h4-10H,11H2,1-3H3,(H,20,22). The monoisotopic (exact) mass is 422 g/mol. The van der Waals surface area contributed by atoms with Gasteiger partial charge in [-0.25, -0.2) is 0 Å². The summed E-state index contributed by atoms with van der Waals surface area (Å²) < 4.78 is 0.988. The molecule has 5 heteroatoms. The van der Waals surface area contributed by atoms with E-state index in [1.165, 1.54) is 4.90 Å². The van der Waals surface area contributed by atoms with Crippen molar-refractivity contribution >= 4 is 40.1 Å². The third kappa shape index (κ3) is 4.54. The molecule has 2 aromatic carbocycles. The fourth-order valence-corrected chi connectivity index (χ4v) is 2.75. The molecule has 0 aromatic heterocycles. The number of benzene rings is 2. The summed E-state index contributed by atoms with van der Waals surface area (Å²) in [6, 6.07) is 13.1. The number of carbonyl (C=O) groups excluding carboxylic acids is 2. The fraction of sp³-hybridized carbons (Fsp3) is 0.222. The summed E-state index contributed by atoms with van der Waals surface area (Å²) in [6.07, 6.45) is 0. The van der Waals surface area contributed by atoms with E-state index < -0.39 is 0 Å². The van der Waals surface area contributed by atoms with E-state index >= 15 is 0 Å². The molecule has 2 rings (SSSR count). The quantitative estimate of drug-likeness (QED) is 0.766. The lowest BCUT2D eigenvalue weighted by Crippen LogP contribution is -2.35. The highest BCUT2D eigenvalue weighted by Gasteiger charge is 2.15. The molecular formula is C18H19IN2O2.